The highest BCUT2D eigenvalue weighted by atomic mass is 32.2. The molecule has 0 unspecified atom stereocenters. The molecule has 4 aromatic carbocycles. The summed E-state index contributed by atoms with van der Waals surface area (Å²) in [4.78, 5) is 15.1. The van der Waals surface area contributed by atoms with Gasteiger partial charge in [0.25, 0.3) is 5.91 Å². The molecule has 0 atom stereocenters. The molecule has 0 aliphatic carbocycles. The molecule has 4 rings (SSSR count). The summed E-state index contributed by atoms with van der Waals surface area (Å²) in [5, 5.41) is 5.08. The number of carbonyl (C=O) groups excluding carboxylic acids is 1. The lowest BCUT2D eigenvalue weighted by molar-refractivity contribution is 0.102. The molecule has 0 saturated heterocycles. The van der Waals surface area contributed by atoms with Gasteiger partial charge in [-0.3, -0.25) is 4.79 Å². The van der Waals surface area contributed by atoms with Crippen molar-refractivity contribution < 1.29 is 9.53 Å². The van der Waals surface area contributed by atoms with Crippen molar-refractivity contribution in [3.63, 3.8) is 0 Å². The van der Waals surface area contributed by atoms with Crippen molar-refractivity contribution in [2.45, 2.75) is 9.79 Å². The number of fused-ring (bicyclic) bond motifs is 1. The summed E-state index contributed by atoms with van der Waals surface area (Å²) in [5.41, 5.74) is 1.29. The van der Waals surface area contributed by atoms with Crippen LogP contribution in [0, 0.1) is 0 Å². The average Bonchev–Trinajstić information content (AvgIpc) is 2.75. The maximum atomic E-state index is 13.0. The molecule has 0 aliphatic heterocycles. The van der Waals surface area contributed by atoms with E-state index < -0.39 is 0 Å². The van der Waals surface area contributed by atoms with Gasteiger partial charge in [-0.1, -0.05) is 66.4 Å². The molecule has 4 aromatic rings. The predicted octanol–water partition coefficient (Wildman–Crippen LogP) is 6.25. The Morgan fingerprint density at radius 2 is 1.46 bits per heavy atom. The van der Waals surface area contributed by atoms with Crippen LogP contribution in [0.1, 0.15) is 10.4 Å². The fourth-order valence-corrected chi connectivity index (χ4v) is 3.95. The van der Waals surface area contributed by atoms with Crippen molar-refractivity contribution in [3.8, 4) is 5.75 Å². The minimum absolute atomic E-state index is 0.191. The number of hydrogen-bond donors (Lipinski definition) is 1. The molecule has 0 spiro atoms. The third-order valence-electron chi connectivity index (χ3n) is 4.42. The molecule has 1 amide bonds. The van der Waals surface area contributed by atoms with Gasteiger partial charge in [-0.15, -0.1) is 0 Å². The minimum atomic E-state index is -0.191. The fourth-order valence-electron chi connectivity index (χ4n) is 3.03. The summed E-state index contributed by atoms with van der Waals surface area (Å²) in [6.45, 7) is 0. The summed E-state index contributed by atoms with van der Waals surface area (Å²) in [6, 6.07) is 29.6. The van der Waals surface area contributed by atoms with Gasteiger partial charge < -0.3 is 10.1 Å². The molecule has 4 heteroatoms. The van der Waals surface area contributed by atoms with Gasteiger partial charge >= 0.3 is 0 Å². The topological polar surface area (TPSA) is 38.3 Å². The van der Waals surface area contributed by atoms with Gasteiger partial charge in [-0.25, -0.2) is 0 Å². The second-order valence-corrected chi connectivity index (χ2v) is 7.38. The third-order valence-corrected chi connectivity index (χ3v) is 5.50. The summed E-state index contributed by atoms with van der Waals surface area (Å²) in [7, 11) is 1.58. The minimum Gasteiger partial charge on any atom is -0.496 e. The average molecular weight is 385 g/mol. The van der Waals surface area contributed by atoms with Gasteiger partial charge in [0.2, 0.25) is 0 Å². The van der Waals surface area contributed by atoms with Gasteiger partial charge in [0.15, 0.2) is 0 Å². The molecule has 0 bridgehead atoms. The highest BCUT2D eigenvalue weighted by Crippen LogP contribution is 2.34. The molecule has 0 radical (unpaired) electrons. The first-order valence-electron chi connectivity index (χ1n) is 8.94. The number of amides is 1. The van der Waals surface area contributed by atoms with Crippen LogP contribution in [-0.2, 0) is 0 Å². The Hall–Kier alpha value is -3.24. The quantitative estimate of drug-likeness (QED) is 0.441. The number of carbonyl (C=O) groups is 1. The standard InChI is InChI=1S/C24H19NO2S/c1-27-22-16-18-10-6-5-9-17(18)15-20(22)24(26)25-21-13-7-8-14-23(21)28-19-11-3-2-4-12-19/h2-16H,1H3,(H,25,26). The van der Waals surface area contributed by atoms with Gasteiger partial charge in [0.05, 0.1) is 18.4 Å². The van der Waals surface area contributed by atoms with E-state index in [9.17, 15) is 4.79 Å². The van der Waals surface area contributed by atoms with Crippen LogP contribution in [0.5, 0.6) is 5.75 Å². The SMILES string of the molecule is COc1cc2ccccc2cc1C(=O)Nc1ccccc1Sc1ccccc1. The second kappa shape index (κ2) is 8.19. The van der Waals surface area contributed by atoms with E-state index in [1.54, 1.807) is 18.9 Å². The molecular formula is C24H19NO2S. The van der Waals surface area contributed by atoms with Crippen LogP contribution in [0.2, 0.25) is 0 Å². The highest BCUT2D eigenvalue weighted by molar-refractivity contribution is 7.99. The van der Waals surface area contributed by atoms with E-state index in [4.69, 9.17) is 4.74 Å². The van der Waals surface area contributed by atoms with Crippen LogP contribution in [0.3, 0.4) is 0 Å². The zero-order valence-corrected chi connectivity index (χ0v) is 16.2. The molecule has 0 heterocycles. The third kappa shape index (κ3) is 3.87. The number of anilines is 1. The van der Waals surface area contributed by atoms with Crippen LogP contribution >= 0.6 is 11.8 Å². The number of methoxy groups -OCH3 is 1. The Morgan fingerprint density at radius 3 is 2.21 bits per heavy atom. The maximum absolute atomic E-state index is 13.0. The van der Waals surface area contributed by atoms with Gasteiger partial charge in [0, 0.05) is 9.79 Å². The molecule has 1 N–H and O–H groups in total. The van der Waals surface area contributed by atoms with Crippen LogP contribution in [-0.4, -0.2) is 13.0 Å². The van der Waals surface area contributed by atoms with E-state index in [-0.39, 0.29) is 5.91 Å². The Balaban J connectivity index is 1.65. The van der Waals surface area contributed by atoms with E-state index in [2.05, 4.69) is 17.4 Å². The smallest absolute Gasteiger partial charge is 0.259 e. The fraction of sp³-hybridized carbons (Fsp3) is 0.0417. The van der Waals surface area contributed by atoms with Crippen LogP contribution in [0.15, 0.2) is 101 Å². The molecule has 0 aliphatic rings. The maximum Gasteiger partial charge on any atom is 0.259 e. The molecule has 3 nitrogen and oxygen atoms in total. The molecular weight excluding hydrogens is 366 g/mol. The normalized spacial score (nSPS) is 10.6. The zero-order chi connectivity index (χ0) is 19.3. The molecule has 0 saturated carbocycles. The van der Waals surface area contributed by atoms with Crippen molar-refractivity contribution in [2.24, 2.45) is 0 Å². The zero-order valence-electron chi connectivity index (χ0n) is 15.4. The summed E-state index contributed by atoms with van der Waals surface area (Å²) in [6.07, 6.45) is 0. The number of nitrogens with one attached hydrogen (secondary N) is 1. The van der Waals surface area contributed by atoms with Crippen molar-refractivity contribution in [2.75, 3.05) is 12.4 Å². The van der Waals surface area contributed by atoms with E-state index in [0.717, 1.165) is 26.3 Å². The van der Waals surface area contributed by atoms with Crippen molar-refractivity contribution in [3.05, 3.63) is 96.6 Å². The van der Waals surface area contributed by atoms with Gasteiger partial charge in [-0.2, -0.15) is 0 Å². The monoisotopic (exact) mass is 385 g/mol. The van der Waals surface area contributed by atoms with Gasteiger partial charge in [-0.05, 0) is 47.2 Å². The number of ether oxygens (including phenoxy) is 1. The first-order valence-corrected chi connectivity index (χ1v) is 9.76. The van der Waals surface area contributed by atoms with E-state index in [1.807, 2.05) is 78.9 Å². The lowest BCUT2D eigenvalue weighted by Crippen LogP contribution is -2.13. The Morgan fingerprint density at radius 1 is 0.821 bits per heavy atom. The van der Waals surface area contributed by atoms with Crippen LogP contribution < -0.4 is 10.1 Å². The van der Waals surface area contributed by atoms with E-state index >= 15 is 0 Å². The van der Waals surface area contributed by atoms with E-state index in [0.29, 0.717) is 11.3 Å². The number of benzene rings is 4. The Kier molecular flexibility index (Phi) is 5.31. The lowest BCUT2D eigenvalue weighted by atomic mass is 10.1. The van der Waals surface area contributed by atoms with Crippen molar-refractivity contribution in [1.82, 2.24) is 0 Å². The number of rotatable bonds is 5. The summed E-state index contributed by atoms with van der Waals surface area (Å²) >= 11 is 1.62. The van der Waals surface area contributed by atoms with Crippen molar-refractivity contribution in [1.29, 1.82) is 0 Å². The molecule has 28 heavy (non-hydrogen) atoms. The van der Waals surface area contributed by atoms with Crippen molar-refractivity contribution >= 4 is 34.1 Å². The number of hydrogen-bond acceptors (Lipinski definition) is 3. The highest BCUT2D eigenvalue weighted by Gasteiger charge is 2.15. The molecule has 0 aromatic heterocycles. The Bertz CT molecular complexity index is 1130. The summed E-state index contributed by atoms with van der Waals surface area (Å²) < 4.78 is 5.47. The largest absolute Gasteiger partial charge is 0.496 e. The predicted molar refractivity (Wildman–Crippen MR) is 115 cm³/mol. The van der Waals surface area contributed by atoms with Crippen LogP contribution in [0.25, 0.3) is 10.8 Å². The Labute approximate surface area is 168 Å². The first kappa shape index (κ1) is 18.1. The lowest BCUT2D eigenvalue weighted by Gasteiger charge is -2.13. The summed E-state index contributed by atoms with van der Waals surface area (Å²) in [5.74, 6) is 0.369. The van der Waals surface area contributed by atoms with Gasteiger partial charge in [0.1, 0.15) is 5.75 Å². The second-order valence-electron chi connectivity index (χ2n) is 6.27. The van der Waals surface area contributed by atoms with Crippen LogP contribution in [0.4, 0.5) is 5.69 Å². The van der Waals surface area contributed by atoms with E-state index in [1.165, 1.54) is 0 Å². The molecule has 138 valence electrons. The number of para-hydroxylation sites is 1. The molecule has 0 fully saturated rings. The first-order chi connectivity index (χ1) is 13.7.